The van der Waals surface area contributed by atoms with E-state index in [1.807, 2.05) is 13.0 Å². The third kappa shape index (κ3) is 6.06. The summed E-state index contributed by atoms with van der Waals surface area (Å²) in [6.45, 7) is 5.48. The standard InChI is InChI=1S/C22H19N3O5S/c1-3-5-6-16(4-2)29-17-8-10-18(11-9-17)30-21(26)14-31-22-23-19-12-7-15(25(27)28)13-20(19)24-22/h3-13H,1,14H2,2H3,(H,23,24)/b6-5-,16-4+. The summed E-state index contributed by atoms with van der Waals surface area (Å²) < 4.78 is 11.0. The average Bonchev–Trinajstić information content (AvgIpc) is 3.18. The zero-order chi connectivity index (χ0) is 22.2. The van der Waals surface area contributed by atoms with Crippen LogP contribution in [0.1, 0.15) is 6.92 Å². The SMILES string of the molecule is C=C/C=C\C(=C/C)Oc1ccc(OC(=O)CSc2nc3ccc([N+](=O)[O-])cc3[nH]2)cc1. The number of nitro groups is 1. The number of esters is 1. The van der Waals surface area contributed by atoms with Gasteiger partial charge in [0.05, 0.1) is 21.7 Å². The molecule has 0 saturated carbocycles. The molecule has 0 unspecified atom stereocenters. The number of H-pyrrole nitrogens is 1. The molecule has 0 spiro atoms. The van der Waals surface area contributed by atoms with Crippen LogP contribution in [0, 0.1) is 10.1 Å². The fourth-order valence-corrected chi connectivity index (χ4v) is 3.17. The summed E-state index contributed by atoms with van der Waals surface area (Å²) in [6, 6.07) is 11.0. The molecule has 3 aromatic rings. The summed E-state index contributed by atoms with van der Waals surface area (Å²) >= 11 is 1.15. The predicted octanol–water partition coefficient (Wildman–Crippen LogP) is 5.19. The molecule has 0 saturated heterocycles. The van der Waals surface area contributed by atoms with Gasteiger partial charge < -0.3 is 14.5 Å². The van der Waals surface area contributed by atoms with E-state index in [0.29, 0.717) is 33.4 Å². The molecule has 0 aliphatic heterocycles. The second-order valence-corrected chi connectivity index (χ2v) is 7.09. The first-order valence-corrected chi connectivity index (χ1v) is 10.2. The minimum atomic E-state index is -0.474. The normalized spacial score (nSPS) is 11.6. The monoisotopic (exact) mass is 437 g/mol. The predicted molar refractivity (Wildman–Crippen MR) is 119 cm³/mol. The summed E-state index contributed by atoms with van der Waals surface area (Å²) in [5.41, 5.74) is 1.09. The quantitative estimate of drug-likeness (QED) is 0.0933. The Labute approximate surface area is 182 Å². The number of nitro benzene ring substituents is 1. The highest BCUT2D eigenvalue weighted by atomic mass is 32.2. The summed E-state index contributed by atoms with van der Waals surface area (Å²) in [6.07, 6.45) is 7.03. The molecule has 0 amide bonds. The third-order valence-corrected chi connectivity index (χ3v) is 4.80. The number of imidazole rings is 1. The number of nitrogens with one attached hydrogen (secondary N) is 1. The number of hydrogen-bond donors (Lipinski definition) is 1. The number of thioether (sulfide) groups is 1. The average molecular weight is 437 g/mol. The fraction of sp³-hybridized carbons (Fsp3) is 0.0909. The van der Waals surface area contributed by atoms with E-state index in [1.54, 1.807) is 48.6 Å². The van der Waals surface area contributed by atoms with Crippen LogP contribution in [0.25, 0.3) is 11.0 Å². The van der Waals surface area contributed by atoms with Crippen LogP contribution >= 0.6 is 11.8 Å². The van der Waals surface area contributed by atoms with Crippen molar-refractivity contribution in [2.45, 2.75) is 12.1 Å². The van der Waals surface area contributed by atoms with Gasteiger partial charge in [0.2, 0.25) is 0 Å². The molecule has 3 rings (SSSR count). The molecule has 1 N–H and O–H groups in total. The maximum Gasteiger partial charge on any atom is 0.321 e. The van der Waals surface area contributed by atoms with E-state index in [1.165, 1.54) is 12.1 Å². The van der Waals surface area contributed by atoms with Crippen molar-refractivity contribution in [2.75, 3.05) is 5.75 Å². The van der Waals surface area contributed by atoms with Crippen LogP contribution in [0.15, 0.2) is 84.3 Å². The zero-order valence-electron chi connectivity index (χ0n) is 16.6. The highest BCUT2D eigenvalue weighted by Gasteiger charge is 2.12. The number of nitrogens with zero attached hydrogens (tertiary/aromatic N) is 2. The Hall–Kier alpha value is -3.85. The molecule has 8 nitrogen and oxygen atoms in total. The second kappa shape index (κ2) is 10.3. The lowest BCUT2D eigenvalue weighted by molar-refractivity contribution is -0.384. The van der Waals surface area contributed by atoms with Crippen LogP contribution < -0.4 is 9.47 Å². The Bertz CT molecular complexity index is 1170. The first-order valence-electron chi connectivity index (χ1n) is 9.19. The van der Waals surface area contributed by atoms with Crippen molar-refractivity contribution in [3.63, 3.8) is 0 Å². The van der Waals surface area contributed by atoms with Crippen molar-refractivity contribution in [3.8, 4) is 11.5 Å². The van der Waals surface area contributed by atoms with E-state index in [4.69, 9.17) is 9.47 Å². The fourth-order valence-electron chi connectivity index (χ4n) is 2.51. The van der Waals surface area contributed by atoms with Gasteiger partial charge in [-0.25, -0.2) is 4.98 Å². The Morgan fingerprint density at radius 3 is 2.58 bits per heavy atom. The van der Waals surface area contributed by atoms with E-state index in [-0.39, 0.29) is 11.4 Å². The summed E-state index contributed by atoms with van der Waals surface area (Å²) in [7, 11) is 0. The first-order chi connectivity index (χ1) is 15.0. The van der Waals surface area contributed by atoms with Gasteiger partial charge in [0.1, 0.15) is 17.3 Å². The van der Waals surface area contributed by atoms with Gasteiger partial charge in [-0.15, -0.1) is 0 Å². The number of aromatic amines is 1. The maximum absolute atomic E-state index is 12.1. The molecule has 0 bridgehead atoms. The maximum atomic E-state index is 12.1. The topological polar surface area (TPSA) is 107 Å². The molecule has 0 fully saturated rings. The minimum Gasteiger partial charge on any atom is -0.458 e. The molecule has 31 heavy (non-hydrogen) atoms. The Morgan fingerprint density at radius 1 is 1.23 bits per heavy atom. The number of fused-ring (bicyclic) bond motifs is 1. The highest BCUT2D eigenvalue weighted by molar-refractivity contribution is 7.99. The molecule has 158 valence electrons. The van der Waals surface area contributed by atoms with E-state index in [2.05, 4.69) is 16.5 Å². The Balaban J connectivity index is 1.55. The van der Waals surface area contributed by atoms with Gasteiger partial charge in [0, 0.05) is 12.1 Å². The minimum absolute atomic E-state index is 0.0231. The lowest BCUT2D eigenvalue weighted by Crippen LogP contribution is -2.10. The van der Waals surface area contributed by atoms with Crippen molar-refractivity contribution in [3.05, 3.63) is 89.2 Å². The largest absolute Gasteiger partial charge is 0.458 e. The second-order valence-electron chi connectivity index (χ2n) is 6.12. The molecule has 9 heteroatoms. The Morgan fingerprint density at radius 2 is 1.94 bits per heavy atom. The number of carbonyl (C=O) groups is 1. The highest BCUT2D eigenvalue weighted by Crippen LogP contribution is 2.24. The van der Waals surface area contributed by atoms with Crippen LogP contribution in [0.2, 0.25) is 0 Å². The molecule has 1 aromatic heterocycles. The number of hydrogen-bond acceptors (Lipinski definition) is 7. The molecule has 1 heterocycles. The van der Waals surface area contributed by atoms with Gasteiger partial charge in [-0.2, -0.15) is 0 Å². The Kier molecular flexibility index (Phi) is 7.23. The van der Waals surface area contributed by atoms with E-state index in [0.717, 1.165) is 11.8 Å². The smallest absolute Gasteiger partial charge is 0.321 e. The molecule has 0 aliphatic carbocycles. The van der Waals surface area contributed by atoms with Gasteiger partial charge in [-0.3, -0.25) is 14.9 Å². The number of aromatic nitrogens is 2. The van der Waals surface area contributed by atoms with Gasteiger partial charge in [-0.05, 0) is 49.4 Å². The van der Waals surface area contributed by atoms with Crippen LogP contribution in [0.5, 0.6) is 11.5 Å². The van der Waals surface area contributed by atoms with E-state index < -0.39 is 10.9 Å². The number of benzene rings is 2. The van der Waals surface area contributed by atoms with Crippen LogP contribution in [0.3, 0.4) is 0 Å². The zero-order valence-corrected chi connectivity index (χ0v) is 17.4. The lowest BCUT2D eigenvalue weighted by Gasteiger charge is -2.07. The molecule has 0 aliphatic rings. The van der Waals surface area contributed by atoms with Crippen LogP contribution in [-0.2, 0) is 4.79 Å². The van der Waals surface area contributed by atoms with Crippen molar-refractivity contribution in [1.29, 1.82) is 0 Å². The van der Waals surface area contributed by atoms with E-state index in [9.17, 15) is 14.9 Å². The van der Waals surface area contributed by atoms with Crippen molar-refractivity contribution in [2.24, 2.45) is 0 Å². The molecule has 0 atom stereocenters. The van der Waals surface area contributed by atoms with E-state index >= 15 is 0 Å². The summed E-state index contributed by atoms with van der Waals surface area (Å²) in [5.74, 6) is 1.23. The van der Waals surface area contributed by atoms with Crippen LogP contribution in [0.4, 0.5) is 5.69 Å². The molecular weight excluding hydrogens is 418 g/mol. The van der Waals surface area contributed by atoms with Gasteiger partial charge in [-0.1, -0.05) is 30.5 Å². The molecular formula is C22H19N3O5S. The number of rotatable bonds is 9. The number of non-ortho nitro benzene ring substituents is 1. The van der Waals surface area contributed by atoms with Gasteiger partial charge in [0.25, 0.3) is 5.69 Å². The van der Waals surface area contributed by atoms with Crippen LogP contribution in [-0.4, -0.2) is 26.6 Å². The number of ether oxygens (including phenoxy) is 2. The number of allylic oxidation sites excluding steroid dienone is 4. The summed E-state index contributed by atoms with van der Waals surface area (Å²) in [5, 5.41) is 11.3. The molecule has 0 radical (unpaired) electrons. The molecule has 2 aromatic carbocycles. The van der Waals surface area contributed by atoms with Gasteiger partial charge in [0.15, 0.2) is 5.16 Å². The first kappa shape index (κ1) is 21.8. The van der Waals surface area contributed by atoms with Crippen molar-refractivity contribution < 1.29 is 19.2 Å². The number of carbonyl (C=O) groups excluding carboxylic acids is 1. The third-order valence-electron chi connectivity index (χ3n) is 3.95. The van der Waals surface area contributed by atoms with Crippen molar-refractivity contribution >= 4 is 34.5 Å². The van der Waals surface area contributed by atoms with Crippen molar-refractivity contribution in [1.82, 2.24) is 9.97 Å². The lowest BCUT2D eigenvalue weighted by atomic mass is 10.3. The van der Waals surface area contributed by atoms with Gasteiger partial charge >= 0.3 is 5.97 Å². The summed E-state index contributed by atoms with van der Waals surface area (Å²) in [4.78, 5) is 29.8.